The van der Waals surface area contributed by atoms with Crippen molar-refractivity contribution >= 4 is 5.97 Å². The number of carbonyl (C=O) groups excluding carboxylic acids is 1. The average molecular weight is 228 g/mol. The van der Waals surface area contributed by atoms with E-state index in [1.807, 2.05) is 13.8 Å². The standard InChI is InChI=1S/C13H24O3/c1-5-7-15-11(6-2)8-10-9-12(14)16-13(10,3)4/h10-11H,5-9H2,1-4H3/t10-,11?/m0/s1. The highest BCUT2D eigenvalue weighted by Crippen LogP contribution is 2.36. The largest absolute Gasteiger partial charge is 0.459 e. The van der Waals surface area contributed by atoms with Crippen molar-refractivity contribution in [1.29, 1.82) is 0 Å². The lowest BCUT2D eigenvalue weighted by molar-refractivity contribution is -0.146. The maximum Gasteiger partial charge on any atom is 0.306 e. The van der Waals surface area contributed by atoms with Crippen molar-refractivity contribution in [3.63, 3.8) is 0 Å². The van der Waals surface area contributed by atoms with Gasteiger partial charge in [0.2, 0.25) is 0 Å². The van der Waals surface area contributed by atoms with Crippen molar-refractivity contribution in [1.82, 2.24) is 0 Å². The van der Waals surface area contributed by atoms with Crippen LogP contribution in [0.3, 0.4) is 0 Å². The van der Waals surface area contributed by atoms with Crippen LogP contribution < -0.4 is 0 Å². The molecule has 0 aromatic carbocycles. The fourth-order valence-electron chi connectivity index (χ4n) is 2.19. The minimum atomic E-state index is -0.319. The fraction of sp³-hybridized carbons (Fsp3) is 0.923. The van der Waals surface area contributed by atoms with Gasteiger partial charge < -0.3 is 9.47 Å². The Hall–Kier alpha value is -0.570. The Labute approximate surface area is 98.5 Å². The van der Waals surface area contributed by atoms with Gasteiger partial charge in [0.25, 0.3) is 0 Å². The Kier molecular flexibility index (Phi) is 4.78. The van der Waals surface area contributed by atoms with E-state index < -0.39 is 0 Å². The molecule has 1 aliphatic rings. The van der Waals surface area contributed by atoms with Gasteiger partial charge in [-0.2, -0.15) is 0 Å². The summed E-state index contributed by atoms with van der Waals surface area (Å²) >= 11 is 0. The van der Waals surface area contributed by atoms with Crippen molar-refractivity contribution in [2.24, 2.45) is 5.92 Å². The summed E-state index contributed by atoms with van der Waals surface area (Å²) in [5.41, 5.74) is -0.319. The average Bonchev–Trinajstić information content (AvgIpc) is 2.46. The molecule has 0 N–H and O–H groups in total. The predicted molar refractivity (Wildman–Crippen MR) is 63.2 cm³/mol. The summed E-state index contributed by atoms with van der Waals surface area (Å²) in [7, 11) is 0. The highest BCUT2D eigenvalue weighted by molar-refractivity contribution is 5.72. The van der Waals surface area contributed by atoms with Crippen LogP contribution in [0, 0.1) is 5.92 Å². The molecule has 0 aromatic rings. The van der Waals surface area contributed by atoms with Gasteiger partial charge in [0, 0.05) is 12.5 Å². The number of ether oxygens (including phenoxy) is 2. The Morgan fingerprint density at radius 1 is 1.50 bits per heavy atom. The van der Waals surface area contributed by atoms with Crippen molar-refractivity contribution in [2.75, 3.05) is 6.61 Å². The summed E-state index contributed by atoms with van der Waals surface area (Å²) in [6.07, 6.45) is 3.77. The molecule has 2 atom stereocenters. The summed E-state index contributed by atoms with van der Waals surface area (Å²) in [5.74, 6) is 0.224. The van der Waals surface area contributed by atoms with Crippen molar-refractivity contribution in [2.45, 2.75) is 65.1 Å². The minimum Gasteiger partial charge on any atom is -0.459 e. The first-order chi connectivity index (χ1) is 7.49. The molecule has 3 heteroatoms. The molecule has 0 saturated carbocycles. The monoisotopic (exact) mass is 228 g/mol. The third-order valence-electron chi connectivity index (χ3n) is 3.33. The van der Waals surface area contributed by atoms with Crippen LogP contribution in [0.1, 0.15) is 53.4 Å². The van der Waals surface area contributed by atoms with Crippen molar-refractivity contribution in [3.8, 4) is 0 Å². The van der Waals surface area contributed by atoms with Gasteiger partial charge in [-0.05, 0) is 33.1 Å². The van der Waals surface area contributed by atoms with Crippen LogP contribution in [0.4, 0.5) is 0 Å². The molecule has 0 aromatic heterocycles. The van der Waals surface area contributed by atoms with Gasteiger partial charge in [-0.15, -0.1) is 0 Å². The maximum absolute atomic E-state index is 11.3. The number of cyclic esters (lactones) is 1. The van der Waals surface area contributed by atoms with Crippen molar-refractivity contribution < 1.29 is 14.3 Å². The summed E-state index contributed by atoms with van der Waals surface area (Å²) in [6.45, 7) is 9.04. The molecule has 0 amide bonds. The second-order valence-electron chi connectivity index (χ2n) is 5.12. The molecule has 0 radical (unpaired) electrons. The van der Waals surface area contributed by atoms with Crippen LogP contribution in [-0.2, 0) is 14.3 Å². The molecular weight excluding hydrogens is 204 g/mol. The Balaban J connectivity index is 2.48. The number of hydrogen-bond acceptors (Lipinski definition) is 3. The molecule has 1 heterocycles. The van der Waals surface area contributed by atoms with Crippen LogP contribution in [0.5, 0.6) is 0 Å². The van der Waals surface area contributed by atoms with Crippen LogP contribution in [-0.4, -0.2) is 24.3 Å². The van der Waals surface area contributed by atoms with Crippen LogP contribution in [0.25, 0.3) is 0 Å². The van der Waals surface area contributed by atoms with E-state index in [2.05, 4.69) is 13.8 Å². The van der Waals surface area contributed by atoms with Crippen LogP contribution >= 0.6 is 0 Å². The van der Waals surface area contributed by atoms with E-state index in [1.165, 1.54) is 0 Å². The highest BCUT2D eigenvalue weighted by Gasteiger charge is 2.42. The number of rotatable bonds is 6. The molecular formula is C13H24O3. The van der Waals surface area contributed by atoms with Gasteiger partial charge in [0.1, 0.15) is 5.60 Å². The molecule has 94 valence electrons. The zero-order valence-corrected chi connectivity index (χ0v) is 10.9. The second kappa shape index (κ2) is 5.67. The molecule has 1 rings (SSSR count). The summed E-state index contributed by atoms with van der Waals surface area (Å²) < 4.78 is 11.1. The zero-order valence-electron chi connectivity index (χ0n) is 10.9. The molecule has 3 nitrogen and oxygen atoms in total. The smallest absolute Gasteiger partial charge is 0.306 e. The van der Waals surface area contributed by atoms with E-state index >= 15 is 0 Å². The quantitative estimate of drug-likeness (QED) is 0.656. The lowest BCUT2D eigenvalue weighted by Gasteiger charge is -2.27. The Bertz CT molecular complexity index is 235. The number of hydrogen-bond donors (Lipinski definition) is 0. The second-order valence-corrected chi connectivity index (χ2v) is 5.12. The molecule has 0 bridgehead atoms. The van der Waals surface area contributed by atoms with Gasteiger partial charge in [0.05, 0.1) is 12.5 Å². The molecule has 1 saturated heterocycles. The summed E-state index contributed by atoms with van der Waals surface area (Å²) in [6, 6.07) is 0. The van der Waals surface area contributed by atoms with Gasteiger partial charge in [-0.1, -0.05) is 13.8 Å². The Morgan fingerprint density at radius 2 is 2.19 bits per heavy atom. The predicted octanol–water partition coefficient (Wildman–Crippen LogP) is 2.92. The first-order valence-corrected chi connectivity index (χ1v) is 6.33. The third kappa shape index (κ3) is 3.48. The normalized spacial score (nSPS) is 25.5. The van der Waals surface area contributed by atoms with E-state index in [0.717, 1.165) is 25.9 Å². The van der Waals surface area contributed by atoms with Gasteiger partial charge >= 0.3 is 5.97 Å². The Morgan fingerprint density at radius 3 is 2.62 bits per heavy atom. The molecule has 16 heavy (non-hydrogen) atoms. The fourth-order valence-corrected chi connectivity index (χ4v) is 2.19. The SMILES string of the molecule is CCCOC(CC)C[C@H]1CC(=O)OC1(C)C. The van der Waals surface area contributed by atoms with E-state index in [4.69, 9.17) is 9.47 Å². The van der Waals surface area contributed by atoms with E-state index in [1.54, 1.807) is 0 Å². The van der Waals surface area contributed by atoms with Crippen molar-refractivity contribution in [3.05, 3.63) is 0 Å². The van der Waals surface area contributed by atoms with E-state index in [0.29, 0.717) is 12.3 Å². The molecule has 1 fully saturated rings. The molecule has 1 aliphatic heterocycles. The van der Waals surface area contributed by atoms with Crippen LogP contribution in [0.15, 0.2) is 0 Å². The topological polar surface area (TPSA) is 35.5 Å². The van der Waals surface area contributed by atoms with E-state index in [-0.39, 0.29) is 17.7 Å². The lowest BCUT2D eigenvalue weighted by atomic mass is 9.85. The van der Waals surface area contributed by atoms with Gasteiger partial charge in [-0.3, -0.25) is 4.79 Å². The van der Waals surface area contributed by atoms with Gasteiger partial charge in [0.15, 0.2) is 0 Å². The minimum absolute atomic E-state index is 0.0691. The van der Waals surface area contributed by atoms with Gasteiger partial charge in [-0.25, -0.2) is 0 Å². The van der Waals surface area contributed by atoms with Crippen LogP contribution in [0.2, 0.25) is 0 Å². The zero-order chi connectivity index (χ0) is 12.2. The number of esters is 1. The first-order valence-electron chi connectivity index (χ1n) is 6.33. The first kappa shape index (κ1) is 13.5. The summed E-state index contributed by atoms with van der Waals surface area (Å²) in [5, 5.41) is 0. The molecule has 0 aliphatic carbocycles. The highest BCUT2D eigenvalue weighted by atomic mass is 16.6. The lowest BCUT2D eigenvalue weighted by Crippen LogP contribution is -2.31. The number of carbonyl (C=O) groups is 1. The third-order valence-corrected chi connectivity index (χ3v) is 3.33. The maximum atomic E-state index is 11.3. The molecule has 0 spiro atoms. The molecule has 1 unspecified atom stereocenters. The van der Waals surface area contributed by atoms with E-state index in [9.17, 15) is 4.79 Å². The summed E-state index contributed by atoms with van der Waals surface area (Å²) in [4.78, 5) is 11.3.